The molecule has 170 valence electrons. The molecule has 0 radical (unpaired) electrons. The summed E-state index contributed by atoms with van der Waals surface area (Å²) < 4.78 is 32.6. The Morgan fingerprint density at radius 1 is 1.25 bits per heavy atom. The smallest absolute Gasteiger partial charge is 0.210 e. The number of rotatable bonds is 8. The molecule has 1 atom stereocenters. The highest BCUT2D eigenvalue weighted by Gasteiger charge is 2.31. The third kappa shape index (κ3) is 4.73. The van der Waals surface area contributed by atoms with Crippen molar-refractivity contribution < 1.29 is 17.9 Å². The van der Waals surface area contributed by atoms with Gasteiger partial charge in [-0.15, -0.1) is 5.10 Å². The molecule has 9 nitrogen and oxygen atoms in total. The second kappa shape index (κ2) is 9.07. The Balaban J connectivity index is 1.44. The molecule has 0 bridgehead atoms. The van der Waals surface area contributed by atoms with Crippen molar-refractivity contribution in [2.24, 2.45) is 0 Å². The lowest BCUT2D eigenvalue weighted by molar-refractivity contribution is 0.102. The minimum absolute atomic E-state index is 0.0331. The number of carbonyl (C=O) groups excluding carboxylic acids is 1. The van der Waals surface area contributed by atoms with E-state index in [0.29, 0.717) is 23.7 Å². The van der Waals surface area contributed by atoms with Gasteiger partial charge in [-0.2, -0.15) is 0 Å². The SMILES string of the molecule is COc1ccc(Cn2nnnc2SCC(=O)c2cc(C)n(C3CCS(=O)(=O)C3)c2C)cc1. The number of aromatic nitrogens is 5. The van der Waals surface area contributed by atoms with Crippen LogP contribution in [0.25, 0.3) is 0 Å². The van der Waals surface area contributed by atoms with E-state index in [9.17, 15) is 13.2 Å². The molecule has 0 N–H and O–H groups in total. The molecule has 0 spiro atoms. The molecule has 4 rings (SSSR count). The van der Waals surface area contributed by atoms with E-state index in [1.165, 1.54) is 11.8 Å². The van der Waals surface area contributed by atoms with E-state index in [0.717, 1.165) is 22.7 Å². The third-order valence-electron chi connectivity index (χ3n) is 5.68. The lowest BCUT2D eigenvalue weighted by Crippen LogP contribution is -2.14. The maximum Gasteiger partial charge on any atom is 0.210 e. The van der Waals surface area contributed by atoms with E-state index in [-0.39, 0.29) is 29.1 Å². The van der Waals surface area contributed by atoms with Crippen LogP contribution in [0.3, 0.4) is 0 Å². The molecular weight excluding hydrogens is 450 g/mol. The number of methoxy groups -OCH3 is 1. The minimum Gasteiger partial charge on any atom is -0.497 e. The van der Waals surface area contributed by atoms with Gasteiger partial charge in [-0.3, -0.25) is 4.79 Å². The molecule has 1 unspecified atom stereocenters. The van der Waals surface area contributed by atoms with E-state index in [1.807, 2.05) is 48.7 Å². The number of carbonyl (C=O) groups is 1. The molecule has 1 saturated heterocycles. The van der Waals surface area contributed by atoms with Gasteiger partial charge < -0.3 is 9.30 Å². The fourth-order valence-corrected chi connectivity index (χ4v) is 6.57. The van der Waals surface area contributed by atoms with Crippen molar-refractivity contribution in [1.82, 2.24) is 24.8 Å². The van der Waals surface area contributed by atoms with Crippen molar-refractivity contribution in [3.8, 4) is 5.75 Å². The number of ketones is 1. The van der Waals surface area contributed by atoms with E-state index < -0.39 is 9.84 Å². The molecular formula is C21H25N5O4S2. The first-order valence-corrected chi connectivity index (χ1v) is 13.0. The number of hydrogen-bond acceptors (Lipinski definition) is 8. The zero-order valence-electron chi connectivity index (χ0n) is 18.2. The molecule has 1 aromatic carbocycles. The highest BCUT2D eigenvalue weighted by molar-refractivity contribution is 7.99. The van der Waals surface area contributed by atoms with Crippen molar-refractivity contribution in [2.75, 3.05) is 24.4 Å². The first kappa shape index (κ1) is 22.5. The highest BCUT2D eigenvalue weighted by atomic mass is 32.2. The van der Waals surface area contributed by atoms with Crippen LogP contribution in [-0.4, -0.2) is 63.3 Å². The van der Waals surface area contributed by atoms with Crippen LogP contribution in [0.4, 0.5) is 0 Å². The summed E-state index contributed by atoms with van der Waals surface area (Å²) in [6, 6.07) is 9.38. The molecule has 32 heavy (non-hydrogen) atoms. The second-order valence-corrected chi connectivity index (χ2v) is 11.1. The summed E-state index contributed by atoms with van der Waals surface area (Å²) in [5.74, 6) is 1.26. The van der Waals surface area contributed by atoms with Crippen LogP contribution < -0.4 is 4.74 Å². The lowest BCUT2D eigenvalue weighted by Gasteiger charge is -2.16. The average Bonchev–Trinajstić information content (AvgIpc) is 3.44. The molecule has 1 fully saturated rings. The maximum absolute atomic E-state index is 13.0. The van der Waals surface area contributed by atoms with Crippen LogP contribution in [-0.2, 0) is 16.4 Å². The van der Waals surface area contributed by atoms with Gasteiger partial charge in [0.2, 0.25) is 5.16 Å². The Bertz CT molecular complexity index is 1230. The van der Waals surface area contributed by atoms with Crippen LogP contribution in [0.5, 0.6) is 5.75 Å². The quantitative estimate of drug-likeness (QED) is 0.361. The lowest BCUT2D eigenvalue weighted by atomic mass is 10.2. The predicted octanol–water partition coefficient (Wildman–Crippen LogP) is 2.48. The van der Waals surface area contributed by atoms with Crippen LogP contribution >= 0.6 is 11.8 Å². The van der Waals surface area contributed by atoms with E-state index >= 15 is 0 Å². The number of ether oxygens (including phenoxy) is 1. The summed E-state index contributed by atoms with van der Waals surface area (Å²) in [5, 5.41) is 12.4. The number of tetrazole rings is 1. The van der Waals surface area contributed by atoms with Gasteiger partial charge in [0.15, 0.2) is 15.6 Å². The van der Waals surface area contributed by atoms with E-state index in [1.54, 1.807) is 11.8 Å². The molecule has 3 heterocycles. The van der Waals surface area contributed by atoms with Crippen LogP contribution in [0.1, 0.15) is 39.8 Å². The average molecular weight is 476 g/mol. The number of hydrogen-bond donors (Lipinski definition) is 0. The van der Waals surface area contributed by atoms with Crippen LogP contribution in [0.15, 0.2) is 35.5 Å². The number of thioether (sulfide) groups is 1. The van der Waals surface area contributed by atoms with Gasteiger partial charge in [0, 0.05) is 23.0 Å². The molecule has 0 saturated carbocycles. The first-order chi connectivity index (χ1) is 15.3. The van der Waals surface area contributed by atoms with Gasteiger partial charge in [-0.05, 0) is 54.5 Å². The summed E-state index contributed by atoms with van der Waals surface area (Å²) in [6.07, 6.45) is 0.585. The normalized spacial score (nSPS) is 17.5. The van der Waals surface area contributed by atoms with Gasteiger partial charge >= 0.3 is 0 Å². The molecule has 1 aliphatic rings. The predicted molar refractivity (Wildman–Crippen MR) is 121 cm³/mol. The van der Waals surface area contributed by atoms with E-state index in [4.69, 9.17) is 4.74 Å². The van der Waals surface area contributed by atoms with Crippen molar-refractivity contribution in [3.05, 3.63) is 52.8 Å². The Kier molecular flexibility index (Phi) is 6.38. The van der Waals surface area contributed by atoms with Crippen LogP contribution in [0.2, 0.25) is 0 Å². The number of nitrogens with zero attached hydrogens (tertiary/aromatic N) is 5. The number of aryl methyl sites for hydroxylation is 1. The van der Waals surface area contributed by atoms with Crippen molar-refractivity contribution in [3.63, 3.8) is 0 Å². The second-order valence-electron chi connectivity index (χ2n) is 7.89. The summed E-state index contributed by atoms with van der Waals surface area (Å²) in [4.78, 5) is 13.0. The first-order valence-electron chi connectivity index (χ1n) is 10.2. The minimum atomic E-state index is -3.00. The van der Waals surface area contributed by atoms with Gasteiger partial charge in [0.05, 0.1) is 30.9 Å². The van der Waals surface area contributed by atoms with Gasteiger partial charge in [-0.1, -0.05) is 23.9 Å². The van der Waals surface area contributed by atoms with Gasteiger partial charge in [0.1, 0.15) is 5.75 Å². The fourth-order valence-electron chi connectivity index (χ4n) is 4.11. The summed E-state index contributed by atoms with van der Waals surface area (Å²) in [5.41, 5.74) is 3.35. The van der Waals surface area contributed by atoms with Gasteiger partial charge in [0.25, 0.3) is 0 Å². The molecule has 2 aromatic heterocycles. The van der Waals surface area contributed by atoms with Crippen molar-refractivity contribution in [1.29, 1.82) is 0 Å². The number of sulfone groups is 1. The van der Waals surface area contributed by atoms with Crippen molar-refractivity contribution >= 4 is 27.4 Å². The zero-order valence-corrected chi connectivity index (χ0v) is 19.8. The number of Topliss-reactive ketones (excluding diaryl/α,β-unsaturated/α-hetero) is 1. The Morgan fingerprint density at radius 3 is 2.66 bits per heavy atom. The van der Waals surface area contributed by atoms with Gasteiger partial charge in [-0.25, -0.2) is 13.1 Å². The third-order valence-corrected chi connectivity index (χ3v) is 8.39. The molecule has 0 amide bonds. The largest absolute Gasteiger partial charge is 0.497 e. The number of benzene rings is 1. The molecule has 3 aromatic rings. The Morgan fingerprint density at radius 2 is 2.00 bits per heavy atom. The zero-order chi connectivity index (χ0) is 22.9. The Hall–Kier alpha value is -2.66. The van der Waals surface area contributed by atoms with Crippen molar-refractivity contribution in [2.45, 2.75) is 38.0 Å². The molecule has 0 aliphatic carbocycles. The molecule has 1 aliphatic heterocycles. The maximum atomic E-state index is 13.0. The van der Waals surface area contributed by atoms with Crippen LogP contribution in [0, 0.1) is 13.8 Å². The fraction of sp³-hybridized carbons (Fsp3) is 0.429. The standard InChI is InChI=1S/C21H25N5O4S2/c1-14-10-19(15(2)26(14)17-8-9-32(28,29)13-17)20(27)12-31-21-22-23-24-25(21)11-16-4-6-18(30-3)7-5-16/h4-7,10,17H,8-9,11-13H2,1-3H3. The monoisotopic (exact) mass is 475 g/mol. The summed E-state index contributed by atoms with van der Waals surface area (Å²) >= 11 is 1.29. The topological polar surface area (TPSA) is 109 Å². The summed E-state index contributed by atoms with van der Waals surface area (Å²) in [7, 11) is -1.38. The van der Waals surface area contributed by atoms with E-state index in [2.05, 4.69) is 15.5 Å². The Labute approximate surface area is 191 Å². The molecule has 11 heteroatoms. The summed E-state index contributed by atoms with van der Waals surface area (Å²) in [6.45, 7) is 4.28. The highest BCUT2D eigenvalue weighted by Crippen LogP contribution is 2.30.